The predicted octanol–water partition coefficient (Wildman–Crippen LogP) is 5.88. The molecular formula is C29H39NO6S. The van der Waals surface area contributed by atoms with Crippen LogP contribution in [0, 0.1) is 5.92 Å². The van der Waals surface area contributed by atoms with Crippen LogP contribution in [0.25, 0.3) is 0 Å². The van der Waals surface area contributed by atoms with Gasteiger partial charge in [-0.05, 0) is 56.2 Å². The van der Waals surface area contributed by atoms with Crippen molar-refractivity contribution in [3.05, 3.63) is 53.6 Å². The first-order chi connectivity index (χ1) is 17.8. The van der Waals surface area contributed by atoms with Crippen LogP contribution >= 0.6 is 11.8 Å². The molecule has 2 bridgehead atoms. The lowest BCUT2D eigenvalue weighted by Crippen LogP contribution is -2.60. The third-order valence-corrected chi connectivity index (χ3v) is 8.53. The molecule has 37 heavy (non-hydrogen) atoms. The Morgan fingerprint density at radius 3 is 2.65 bits per heavy atom. The van der Waals surface area contributed by atoms with E-state index >= 15 is 0 Å². The van der Waals surface area contributed by atoms with Crippen LogP contribution in [-0.4, -0.2) is 60.1 Å². The van der Waals surface area contributed by atoms with E-state index in [0.29, 0.717) is 31.1 Å². The number of hydrogen-bond donors (Lipinski definition) is 0. The van der Waals surface area contributed by atoms with Crippen molar-refractivity contribution >= 4 is 23.0 Å². The van der Waals surface area contributed by atoms with Crippen LogP contribution in [0.2, 0.25) is 0 Å². The van der Waals surface area contributed by atoms with Gasteiger partial charge < -0.3 is 23.8 Å². The molecule has 1 aromatic carbocycles. The lowest BCUT2D eigenvalue weighted by atomic mass is 9.80. The molecule has 3 aliphatic heterocycles. The maximum absolute atomic E-state index is 13.3. The molecule has 1 amide bonds. The van der Waals surface area contributed by atoms with Gasteiger partial charge in [-0.2, -0.15) is 0 Å². The fourth-order valence-corrected chi connectivity index (χ4v) is 6.61. The lowest BCUT2D eigenvalue weighted by molar-refractivity contribution is -0.247. The summed E-state index contributed by atoms with van der Waals surface area (Å²) in [5.41, 5.74) is 1.06. The number of ether oxygens (including phenoxy) is 4. The van der Waals surface area contributed by atoms with E-state index in [9.17, 15) is 9.59 Å². The molecule has 5 atom stereocenters. The van der Waals surface area contributed by atoms with E-state index in [1.54, 1.807) is 20.3 Å². The van der Waals surface area contributed by atoms with E-state index in [1.165, 1.54) is 11.8 Å². The molecule has 0 radical (unpaired) electrons. The van der Waals surface area contributed by atoms with Crippen molar-refractivity contribution in [3.63, 3.8) is 0 Å². The van der Waals surface area contributed by atoms with Gasteiger partial charge in [0.05, 0.1) is 19.3 Å². The smallest absolute Gasteiger partial charge is 0.331 e. The van der Waals surface area contributed by atoms with Gasteiger partial charge in [-0.3, -0.25) is 4.79 Å². The molecule has 0 aliphatic carbocycles. The summed E-state index contributed by atoms with van der Waals surface area (Å²) in [6.07, 6.45) is 9.79. The molecule has 3 heterocycles. The quantitative estimate of drug-likeness (QED) is 0.348. The third-order valence-electron chi connectivity index (χ3n) is 7.57. The first kappa shape index (κ1) is 27.7. The molecule has 0 unspecified atom stereocenters. The highest BCUT2D eigenvalue weighted by Crippen LogP contribution is 2.44. The number of fused-ring (bicyclic) bond motifs is 2. The van der Waals surface area contributed by atoms with Gasteiger partial charge in [0.15, 0.2) is 6.29 Å². The van der Waals surface area contributed by atoms with Crippen molar-refractivity contribution in [1.29, 1.82) is 0 Å². The number of benzene rings is 1. The molecular weight excluding hydrogens is 490 g/mol. The Balaban J connectivity index is 1.68. The van der Waals surface area contributed by atoms with Crippen LogP contribution in [0.4, 0.5) is 4.79 Å². The number of esters is 1. The van der Waals surface area contributed by atoms with E-state index in [0.717, 1.165) is 42.6 Å². The normalized spacial score (nSPS) is 31.5. The van der Waals surface area contributed by atoms with Crippen LogP contribution in [0.15, 0.2) is 48.1 Å². The second-order valence-electron chi connectivity index (χ2n) is 10.4. The van der Waals surface area contributed by atoms with Gasteiger partial charge in [0, 0.05) is 38.3 Å². The van der Waals surface area contributed by atoms with Gasteiger partial charge in [0.1, 0.15) is 11.4 Å². The predicted molar refractivity (Wildman–Crippen MR) is 144 cm³/mol. The van der Waals surface area contributed by atoms with Gasteiger partial charge >= 0.3 is 5.97 Å². The van der Waals surface area contributed by atoms with Crippen LogP contribution in [-0.2, 0) is 25.5 Å². The van der Waals surface area contributed by atoms with E-state index in [1.807, 2.05) is 36.1 Å². The maximum Gasteiger partial charge on any atom is 0.331 e. The third kappa shape index (κ3) is 6.98. The molecule has 4 rings (SSSR count). The van der Waals surface area contributed by atoms with Crippen LogP contribution in [0.1, 0.15) is 57.9 Å². The number of hydrogen-bond acceptors (Lipinski definition) is 7. The Kier molecular flexibility index (Phi) is 9.37. The molecule has 0 N–H and O–H groups in total. The number of allylic oxidation sites excluding steroid dienone is 3. The topological polar surface area (TPSA) is 74.3 Å². The molecule has 7 nitrogen and oxygen atoms in total. The number of amides is 1. The Morgan fingerprint density at radius 1 is 1.14 bits per heavy atom. The van der Waals surface area contributed by atoms with Crippen molar-refractivity contribution in [3.8, 4) is 5.75 Å². The zero-order chi connectivity index (χ0) is 26.4. The van der Waals surface area contributed by atoms with E-state index in [2.05, 4.69) is 19.1 Å². The van der Waals surface area contributed by atoms with Crippen molar-refractivity contribution in [1.82, 2.24) is 4.90 Å². The number of carbonyl (C=O) groups is 2. The molecule has 0 saturated carbocycles. The molecule has 0 spiro atoms. The number of rotatable bonds is 5. The van der Waals surface area contributed by atoms with Crippen LogP contribution in [0.3, 0.4) is 0 Å². The van der Waals surface area contributed by atoms with Gasteiger partial charge in [-0.15, -0.1) is 0 Å². The number of methoxy groups -OCH3 is 2. The zero-order valence-corrected chi connectivity index (χ0v) is 23.1. The Morgan fingerprint density at radius 2 is 1.92 bits per heavy atom. The summed E-state index contributed by atoms with van der Waals surface area (Å²) >= 11 is 1.28. The summed E-state index contributed by atoms with van der Waals surface area (Å²) < 4.78 is 23.7. The second-order valence-corrected chi connectivity index (χ2v) is 11.4. The van der Waals surface area contributed by atoms with Crippen molar-refractivity contribution in [2.24, 2.45) is 5.92 Å². The van der Waals surface area contributed by atoms with E-state index < -0.39 is 11.9 Å². The Labute approximate surface area is 224 Å². The average Bonchev–Trinajstić information content (AvgIpc) is 3.25. The lowest BCUT2D eigenvalue weighted by Gasteiger charge is -2.48. The highest BCUT2D eigenvalue weighted by molar-refractivity contribution is 8.13. The monoisotopic (exact) mass is 529 g/mol. The first-order valence-corrected chi connectivity index (χ1v) is 14.1. The zero-order valence-electron chi connectivity index (χ0n) is 22.3. The Bertz CT molecular complexity index is 1010. The SMILES string of the molecule is COc1ccc(CN2C(=O)SC[C@H]2[C@]23C[C@@H](CC[C@H](C)C=CCCC(C)=CC(=O)O2)O[C@@H](OC)C3)cc1. The first-order valence-electron chi connectivity index (χ1n) is 13.1. The van der Waals surface area contributed by atoms with Crippen LogP contribution < -0.4 is 4.74 Å². The second kappa shape index (κ2) is 12.5. The van der Waals surface area contributed by atoms with E-state index in [4.69, 9.17) is 18.9 Å². The summed E-state index contributed by atoms with van der Waals surface area (Å²) in [7, 11) is 3.25. The summed E-state index contributed by atoms with van der Waals surface area (Å²) in [5, 5.41) is -0.00635. The largest absolute Gasteiger partial charge is 0.497 e. The number of thioether (sulfide) groups is 1. The summed E-state index contributed by atoms with van der Waals surface area (Å²) in [4.78, 5) is 28.3. The van der Waals surface area contributed by atoms with Crippen LogP contribution in [0.5, 0.6) is 5.75 Å². The van der Waals surface area contributed by atoms with Crippen molar-refractivity contribution in [2.75, 3.05) is 20.0 Å². The average molecular weight is 530 g/mol. The van der Waals surface area contributed by atoms with Gasteiger partial charge in [0.2, 0.25) is 0 Å². The number of carbonyl (C=O) groups excluding carboxylic acids is 2. The van der Waals surface area contributed by atoms with Crippen molar-refractivity contribution < 1.29 is 28.5 Å². The van der Waals surface area contributed by atoms with E-state index in [-0.39, 0.29) is 23.4 Å². The van der Waals surface area contributed by atoms with Crippen molar-refractivity contribution in [2.45, 2.75) is 83.0 Å². The number of nitrogens with zero attached hydrogens (tertiary/aromatic N) is 1. The molecule has 1 aromatic rings. The summed E-state index contributed by atoms with van der Waals surface area (Å²) in [6.45, 7) is 4.62. The maximum atomic E-state index is 13.3. The molecule has 2 saturated heterocycles. The minimum atomic E-state index is -0.910. The molecule has 202 valence electrons. The Hall–Kier alpha value is -2.29. The minimum Gasteiger partial charge on any atom is -0.497 e. The molecule has 2 fully saturated rings. The molecule has 0 aromatic heterocycles. The molecule has 8 heteroatoms. The highest BCUT2D eigenvalue weighted by atomic mass is 32.2. The fourth-order valence-electron chi connectivity index (χ4n) is 5.47. The van der Waals surface area contributed by atoms with Gasteiger partial charge in [-0.25, -0.2) is 4.79 Å². The standard InChI is InChI=1S/C29H39NO6S/c1-20-7-5-6-8-21(2)15-26(31)36-29(16-24(12-9-20)35-27(17-29)34-4)25-19-37-28(32)30(25)18-22-10-13-23(33-3)14-11-22/h5,7,10-11,13-15,20,24-25,27H,6,8-9,12,16-19H2,1-4H3/t20-,24-,25+,27-,29-/m1/s1. The fraction of sp³-hybridized carbons (Fsp3) is 0.586. The molecule has 3 aliphatic rings. The minimum absolute atomic E-state index is 0.00635. The van der Waals surface area contributed by atoms with Gasteiger partial charge in [0.25, 0.3) is 5.24 Å². The summed E-state index contributed by atoms with van der Waals surface area (Å²) in [5.74, 6) is 1.37. The van der Waals surface area contributed by atoms with Gasteiger partial charge in [-0.1, -0.05) is 48.5 Å². The summed E-state index contributed by atoms with van der Waals surface area (Å²) in [6, 6.07) is 7.43. The highest BCUT2D eigenvalue weighted by Gasteiger charge is 2.55.